The van der Waals surface area contributed by atoms with E-state index in [1.165, 1.54) is 12.3 Å². The predicted molar refractivity (Wildman–Crippen MR) is 101 cm³/mol. The smallest absolute Gasteiger partial charge is 0.277 e. The fraction of sp³-hybridized carbons (Fsp3) is 0.0667. The van der Waals surface area contributed by atoms with Crippen molar-refractivity contribution in [2.24, 2.45) is 5.10 Å². The van der Waals surface area contributed by atoms with Crippen molar-refractivity contribution < 1.29 is 19.7 Å². The molecular weight excluding hydrogens is 512 g/mol. The second kappa shape index (κ2) is 8.50. The number of carbonyl (C=O) groups excluding carboxylic acids is 1. The fourth-order valence-electron chi connectivity index (χ4n) is 1.63. The number of nitrogens with zero attached hydrogens (tertiary/aromatic N) is 1. The van der Waals surface area contributed by atoms with Crippen LogP contribution in [0.4, 0.5) is 0 Å². The molecule has 24 heavy (non-hydrogen) atoms. The number of nitrogens with one attached hydrogen (secondary N) is 1. The summed E-state index contributed by atoms with van der Waals surface area (Å²) >= 11 is 9.55. The number of hydrogen-bond donors (Lipinski definition) is 3. The highest BCUT2D eigenvalue weighted by atomic mass is 79.9. The molecule has 126 valence electrons. The van der Waals surface area contributed by atoms with E-state index in [1.54, 1.807) is 18.2 Å². The van der Waals surface area contributed by atoms with Crippen molar-refractivity contribution in [1.29, 1.82) is 0 Å². The lowest BCUT2D eigenvalue weighted by molar-refractivity contribution is -0.123. The minimum absolute atomic E-state index is 0.195. The summed E-state index contributed by atoms with van der Waals surface area (Å²) in [6, 6.07) is 8.65. The largest absolute Gasteiger partial charge is 0.503 e. The zero-order valence-electron chi connectivity index (χ0n) is 12.0. The molecule has 0 bridgehead atoms. The van der Waals surface area contributed by atoms with Crippen molar-refractivity contribution in [1.82, 2.24) is 5.43 Å². The fourth-order valence-corrected chi connectivity index (χ4v) is 2.84. The number of benzene rings is 2. The number of amides is 1. The first-order valence-corrected chi connectivity index (χ1v) is 8.86. The first kappa shape index (κ1) is 18.8. The van der Waals surface area contributed by atoms with Crippen LogP contribution in [0, 0.1) is 0 Å². The lowest BCUT2D eigenvalue weighted by atomic mass is 10.2. The molecular formula is C15H11Br3N2O4. The number of ether oxygens (including phenoxy) is 1. The molecule has 0 aliphatic carbocycles. The van der Waals surface area contributed by atoms with Crippen molar-refractivity contribution >= 4 is 59.9 Å². The van der Waals surface area contributed by atoms with Crippen molar-refractivity contribution in [3.63, 3.8) is 0 Å². The zero-order chi connectivity index (χ0) is 17.7. The highest BCUT2D eigenvalue weighted by Crippen LogP contribution is 2.40. The standard InChI is InChI=1S/C15H11Br3N2O4/c16-9-2-1-3-10(5-9)24-7-12(21)20-19-6-8-4-11(17)14(22)15(23)13(8)18/h1-6,22-23H,7H2,(H,20,21)/b19-6+. The molecule has 3 N–H and O–H groups in total. The van der Waals surface area contributed by atoms with Gasteiger partial charge < -0.3 is 14.9 Å². The van der Waals surface area contributed by atoms with Gasteiger partial charge in [-0.05, 0) is 56.1 Å². The predicted octanol–water partition coefficient (Wildman–Crippen LogP) is 3.91. The molecule has 1 amide bonds. The van der Waals surface area contributed by atoms with Crippen molar-refractivity contribution in [3.05, 3.63) is 49.3 Å². The van der Waals surface area contributed by atoms with Gasteiger partial charge in [-0.25, -0.2) is 5.43 Å². The van der Waals surface area contributed by atoms with E-state index in [1.807, 2.05) is 6.07 Å². The molecule has 0 atom stereocenters. The van der Waals surface area contributed by atoms with Gasteiger partial charge in [-0.1, -0.05) is 22.0 Å². The van der Waals surface area contributed by atoms with Crippen molar-refractivity contribution in [3.8, 4) is 17.2 Å². The Morgan fingerprint density at radius 2 is 1.96 bits per heavy atom. The number of hydrogen-bond acceptors (Lipinski definition) is 5. The van der Waals surface area contributed by atoms with Crippen LogP contribution in [-0.4, -0.2) is 28.9 Å². The summed E-state index contributed by atoms with van der Waals surface area (Å²) in [4.78, 5) is 11.7. The summed E-state index contributed by atoms with van der Waals surface area (Å²) in [5, 5.41) is 23.1. The third-order valence-corrected chi connectivity index (χ3v) is 4.68. The minimum atomic E-state index is -0.440. The topological polar surface area (TPSA) is 91.2 Å². The molecule has 0 aromatic heterocycles. The molecule has 0 aliphatic heterocycles. The maximum Gasteiger partial charge on any atom is 0.277 e. The number of rotatable bonds is 5. The third-order valence-electron chi connectivity index (χ3n) is 2.75. The van der Waals surface area contributed by atoms with Crippen LogP contribution in [0.2, 0.25) is 0 Å². The van der Waals surface area contributed by atoms with E-state index in [0.29, 0.717) is 15.8 Å². The van der Waals surface area contributed by atoms with E-state index < -0.39 is 5.91 Å². The minimum Gasteiger partial charge on any atom is -0.503 e. The average Bonchev–Trinajstić information content (AvgIpc) is 2.55. The van der Waals surface area contributed by atoms with Crippen LogP contribution in [0.1, 0.15) is 5.56 Å². The van der Waals surface area contributed by atoms with Gasteiger partial charge in [-0.3, -0.25) is 4.79 Å². The van der Waals surface area contributed by atoms with Gasteiger partial charge in [0.15, 0.2) is 18.1 Å². The summed E-state index contributed by atoms with van der Waals surface area (Å²) in [6.07, 6.45) is 1.32. The zero-order valence-corrected chi connectivity index (χ0v) is 16.7. The molecule has 0 fully saturated rings. The second-order valence-electron chi connectivity index (χ2n) is 4.50. The van der Waals surface area contributed by atoms with E-state index in [4.69, 9.17) is 4.74 Å². The van der Waals surface area contributed by atoms with Gasteiger partial charge in [0.05, 0.1) is 15.2 Å². The molecule has 0 heterocycles. The van der Waals surface area contributed by atoms with Gasteiger partial charge in [0.2, 0.25) is 0 Å². The number of hydrazone groups is 1. The lowest BCUT2D eigenvalue weighted by Crippen LogP contribution is -2.24. The summed E-state index contributed by atoms with van der Waals surface area (Å²) < 4.78 is 6.73. The molecule has 2 aromatic carbocycles. The number of phenolic OH excluding ortho intramolecular Hbond substituents is 2. The second-order valence-corrected chi connectivity index (χ2v) is 7.06. The van der Waals surface area contributed by atoms with Gasteiger partial charge in [0, 0.05) is 10.0 Å². The summed E-state index contributed by atoms with van der Waals surface area (Å²) in [5.74, 6) is -0.497. The Labute approximate surface area is 162 Å². The third kappa shape index (κ3) is 4.96. The van der Waals surface area contributed by atoms with Crippen molar-refractivity contribution in [2.75, 3.05) is 6.61 Å². The Bertz CT molecular complexity index is 797. The summed E-state index contributed by atoms with van der Waals surface area (Å²) in [6.45, 7) is -0.195. The van der Waals surface area contributed by atoms with E-state index in [-0.39, 0.29) is 22.6 Å². The molecule has 0 spiro atoms. The molecule has 0 unspecified atom stereocenters. The van der Waals surface area contributed by atoms with Crippen LogP contribution in [0.5, 0.6) is 17.2 Å². The SMILES string of the molecule is O=C(COc1cccc(Br)c1)N/N=C/c1cc(Br)c(O)c(O)c1Br. The first-order valence-electron chi connectivity index (χ1n) is 6.48. The Hall–Kier alpha value is -1.58. The molecule has 2 aromatic rings. The van der Waals surface area contributed by atoms with Gasteiger partial charge in [-0.2, -0.15) is 5.10 Å². The van der Waals surface area contributed by atoms with Crippen LogP contribution < -0.4 is 10.2 Å². The van der Waals surface area contributed by atoms with Crippen LogP contribution in [-0.2, 0) is 4.79 Å². The monoisotopic (exact) mass is 520 g/mol. The van der Waals surface area contributed by atoms with Gasteiger partial charge in [0.1, 0.15) is 5.75 Å². The lowest BCUT2D eigenvalue weighted by Gasteiger charge is -2.07. The number of carbonyl (C=O) groups is 1. The Morgan fingerprint density at radius 1 is 1.21 bits per heavy atom. The summed E-state index contributed by atoms with van der Waals surface area (Å²) in [5.41, 5.74) is 2.77. The van der Waals surface area contributed by atoms with Gasteiger partial charge in [-0.15, -0.1) is 0 Å². The van der Waals surface area contributed by atoms with E-state index >= 15 is 0 Å². The molecule has 0 aliphatic rings. The quantitative estimate of drug-likeness (QED) is 0.315. The number of halogens is 3. The molecule has 6 nitrogen and oxygen atoms in total. The highest BCUT2D eigenvalue weighted by Gasteiger charge is 2.12. The average molecular weight is 523 g/mol. The first-order chi connectivity index (χ1) is 11.4. The van der Waals surface area contributed by atoms with Crippen LogP contribution in [0.3, 0.4) is 0 Å². The van der Waals surface area contributed by atoms with Crippen molar-refractivity contribution in [2.45, 2.75) is 0 Å². The number of aromatic hydroxyl groups is 2. The van der Waals surface area contributed by atoms with Crippen LogP contribution >= 0.6 is 47.8 Å². The van der Waals surface area contributed by atoms with E-state index in [0.717, 1.165) is 4.47 Å². The maximum absolute atomic E-state index is 11.7. The normalized spacial score (nSPS) is 10.8. The maximum atomic E-state index is 11.7. The van der Waals surface area contributed by atoms with Crippen LogP contribution in [0.25, 0.3) is 0 Å². The van der Waals surface area contributed by atoms with E-state index in [2.05, 4.69) is 58.3 Å². The molecule has 9 heteroatoms. The highest BCUT2D eigenvalue weighted by molar-refractivity contribution is 9.11. The number of phenols is 2. The molecule has 0 saturated heterocycles. The Morgan fingerprint density at radius 3 is 2.67 bits per heavy atom. The molecule has 2 rings (SSSR count). The van der Waals surface area contributed by atoms with Gasteiger partial charge in [0.25, 0.3) is 5.91 Å². The Kier molecular flexibility index (Phi) is 6.64. The van der Waals surface area contributed by atoms with Gasteiger partial charge >= 0.3 is 0 Å². The summed E-state index contributed by atoms with van der Waals surface area (Å²) in [7, 11) is 0. The Balaban J connectivity index is 1.93. The van der Waals surface area contributed by atoms with Crippen LogP contribution in [0.15, 0.2) is 48.9 Å². The molecule has 0 radical (unpaired) electrons. The molecule has 0 saturated carbocycles. The van der Waals surface area contributed by atoms with E-state index in [9.17, 15) is 15.0 Å².